The van der Waals surface area contributed by atoms with Gasteiger partial charge in [0.2, 0.25) is 11.8 Å². The summed E-state index contributed by atoms with van der Waals surface area (Å²) in [5, 5.41) is 15.3. The van der Waals surface area contributed by atoms with E-state index in [4.69, 9.17) is 9.52 Å². The zero-order valence-corrected chi connectivity index (χ0v) is 10.1. The zero-order chi connectivity index (χ0) is 15.6. The van der Waals surface area contributed by atoms with E-state index in [1.165, 1.54) is 0 Å². The van der Waals surface area contributed by atoms with Crippen LogP contribution in [0.15, 0.2) is 28.7 Å². The predicted molar refractivity (Wildman–Crippen MR) is 61.4 cm³/mol. The van der Waals surface area contributed by atoms with Gasteiger partial charge in [-0.2, -0.15) is 13.2 Å². The Hall–Kier alpha value is -2.71. The molecule has 0 aliphatic carbocycles. The Morgan fingerprint density at radius 1 is 1.29 bits per heavy atom. The molecule has 0 atom stereocenters. The Morgan fingerprint density at radius 3 is 2.62 bits per heavy atom. The first-order valence-corrected chi connectivity index (χ1v) is 5.39. The second-order valence-corrected chi connectivity index (χ2v) is 3.81. The molecule has 1 aromatic carbocycles. The highest BCUT2D eigenvalue weighted by atomic mass is 19.4. The van der Waals surface area contributed by atoms with E-state index in [1.807, 2.05) is 0 Å². The molecule has 9 heteroatoms. The van der Waals surface area contributed by atoms with Crippen molar-refractivity contribution in [2.75, 3.05) is 0 Å². The number of nitrogens with zero attached hydrogens (tertiary/aromatic N) is 2. The fourth-order valence-electron chi connectivity index (χ4n) is 1.44. The van der Waals surface area contributed by atoms with E-state index in [1.54, 1.807) is 0 Å². The number of rotatable bonds is 3. The van der Waals surface area contributed by atoms with Crippen LogP contribution in [0.5, 0.6) is 0 Å². The van der Waals surface area contributed by atoms with Crippen LogP contribution in [0.25, 0.3) is 17.5 Å². The quantitative estimate of drug-likeness (QED) is 0.696. The molecule has 21 heavy (non-hydrogen) atoms. The third-order valence-corrected chi connectivity index (χ3v) is 2.33. The molecule has 2 rings (SSSR count). The molecule has 0 fully saturated rings. The van der Waals surface area contributed by atoms with Gasteiger partial charge in [0.1, 0.15) is 5.82 Å². The van der Waals surface area contributed by atoms with Gasteiger partial charge in [0.25, 0.3) is 0 Å². The van der Waals surface area contributed by atoms with Gasteiger partial charge >= 0.3 is 12.1 Å². The van der Waals surface area contributed by atoms with E-state index in [-0.39, 0.29) is 17.3 Å². The lowest BCUT2D eigenvalue weighted by atomic mass is 10.1. The Morgan fingerprint density at radius 2 is 2.00 bits per heavy atom. The van der Waals surface area contributed by atoms with Crippen molar-refractivity contribution in [3.8, 4) is 11.5 Å². The van der Waals surface area contributed by atoms with Gasteiger partial charge in [0.05, 0.1) is 5.56 Å². The summed E-state index contributed by atoms with van der Waals surface area (Å²) in [4.78, 5) is 10.3. The molecule has 0 saturated carbocycles. The largest absolute Gasteiger partial charge is 0.478 e. The molecule has 0 bridgehead atoms. The van der Waals surface area contributed by atoms with Gasteiger partial charge in [0, 0.05) is 17.7 Å². The predicted octanol–water partition coefficient (Wildman–Crippen LogP) is 2.99. The van der Waals surface area contributed by atoms with Crippen LogP contribution in [-0.2, 0) is 11.0 Å². The van der Waals surface area contributed by atoms with Crippen LogP contribution < -0.4 is 0 Å². The summed E-state index contributed by atoms with van der Waals surface area (Å²) in [6, 6.07) is 2.21. The number of hydrogen-bond acceptors (Lipinski definition) is 4. The van der Waals surface area contributed by atoms with Crippen molar-refractivity contribution < 1.29 is 31.9 Å². The molecule has 1 aromatic heterocycles. The molecular formula is C12H6F4N2O3. The Labute approximate surface area is 114 Å². The SMILES string of the molecule is O=C(O)/C=C/c1nnc(-c2ccc(F)c(C(F)(F)F)c2)o1. The molecule has 0 aliphatic heterocycles. The normalized spacial score (nSPS) is 12.0. The highest BCUT2D eigenvalue weighted by molar-refractivity contribution is 5.84. The first kappa shape index (κ1) is 14.7. The smallest absolute Gasteiger partial charge is 0.419 e. The maximum Gasteiger partial charge on any atom is 0.419 e. The van der Waals surface area contributed by atoms with Crippen molar-refractivity contribution >= 4 is 12.0 Å². The molecule has 0 spiro atoms. The molecule has 5 nitrogen and oxygen atoms in total. The first-order valence-electron chi connectivity index (χ1n) is 5.39. The summed E-state index contributed by atoms with van der Waals surface area (Å²) in [6.45, 7) is 0. The summed E-state index contributed by atoms with van der Waals surface area (Å²) >= 11 is 0. The lowest BCUT2D eigenvalue weighted by Crippen LogP contribution is -2.08. The van der Waals surface area contributed by atoms with Crippen LogP contribution in [0.1, 0.15) is 11.5 Å². The summed E-state index contributed by atoms with van der Waals surface area (Å²) in [5.74, 6) is -3.16. The average molecular weight is 302 g/mol. The second-order valence-electron chi connectivity index (χ2n) is 3.81. The molecule has 0 amide bonds. The third kappa shape index (κ3) is 3.44. The van der Waals surface area contributed by atoms with Crippen LogP contribution in [0.2, 0.25) is 0 Å². The summed E-state index contributed by atoms with van der Waals surface area (Å²) in [5.41, 5.74) is -1.59. The molecule has 110 valence electrons. The van der Waals surface area contributed by atoms with Crippen molar-refractivity contribution in [3.05, 3.63) is 41.5 Å². The standard InChI is InChI=1S/C12H6F4N2O3/c13-8-2-1-6(5-7(8)12(14,15)16)11-18-17-9(21-11)3-4-10(19)20/h1-5H,(H,19,20)/b4-3+. The fraction of sp³-hybridized carbons (Fsp3) is 0.0833. The van der Waals surface area contributed by atoms with Crippen LogP contribution in [0.4, 0.5) is 17.6 Å². The van der Waals surface area contributed by atoms with E-state index < -0.39 is 23.5 Å². The number of aliphatic carboxylic acids is 1. The van der Waals surface area contributed by atoms with Crippen molar-refractivity contribution in [2.45, 2.75) is 6.18 Å². The van der Waals surface area contributed by atoms with E-state index >= 15 is 0 Å². The number of benzene rings is 1. The van der Waals surface area contributed by atoms with Gasteiger partial charge in [-0.15, -0.1) is 10.2 Å². The molecule has 0 aliphatic rings. The Kier molecular flexibility index (Phi) is 3.74. The topological polar surface area (TPSA) is 76.2 Å². The van der Waals surface area contributed by atoms with E-state index in [2.05, 4.69) is 10.2 Å². The Balaban J connectivity index is 2.37. The molecule has 1 N–H and O–H groups in total. The minimum atomic E-state index is -4.86. The maximum absolute atomic E-state index is 13.1. The van der Waals surface area contributed by atoms with Gasteiger partial charge in [0.15, 0.2) is 0 Å². The van der Waals surface area contributed by atoms with Gasteiger partial charge in [-0.25, -0.2) is 9.18 Å². The average Bonchev–Trinajstić information content (AvgIpc) is 2.84. The maximum atomic E-state index is 13.1. The van der Waals surface area contributed by atoms with E-state index in [0.29, 0.717) is 12.1 Å². The van der Waals surface area contributed by atoms with Gasteiger partial charge in [-0.3, -0.25) is 0 Å². The second kappa shape index (κ2) is 5.35. The van der Waals surface area contributed by atoms with Crippen LogP contribution in [-0.4, -0.2) is 21.3 Å². The summed E-state index contributed by atoms with van der Waals surface area (Å²) < 4.78 is 55.8. The van der Waals surface area contributed by atoms with Crippen molar-refractivity contribution in [3.63, 3.8) is 0 Å². The van der Waals surface area contributed by atoms with Crippen LogP contribution in [0.3, 0.4) is 0 Å². The highest BCUT2D eigenvalue weighted by Crippen LogP contribution is 2.33. The number of aromatic nitrogens is 2. The molecule has 0 unspecified atom stereocenters. The van der Waals surface area contributed by atoms with Crippen molar-refractivity contribution in [1.29, 1.82) is 0 Å². The number of carboxylic acid groups (broad SMARTS) is 1. The Bertz CT molecular complexity index is 707. The van der Waals surface area contributed by atoms with Crippen LogP contribution in [0, 0.1) is 5.82 Å². The minimum absolute atomic E-state index is 0.133. The van der Waals surface area contributed by atoms with E-state index in [0.717, 1.165) is 18.2 Å². The van der Waals surface area contributed by atoms with Crippen LogP contribution >= 0.6 is 0 Å². The monoisotopic (exact) mass is 302 g/mol. The summed E-state index contributed by atoms with van der Waals surface area (Å²) in [6.07, 6.45) is -3.15. The van der Waals surface area contributed by atoms with Gasteiger partial charge in [-0.1, -0.05) is 0 Å². The van der Waals surface area contributed by atoms with Gasteiger partial charge in [-0.05, 0) is 18.2 Å². The number of alkyl halides is 3. The summed E-state index contributed by atoms with van der Waals surface area (Å²) in [7, 11) is 0. The van der Waals surface area contributed by atoms with Gasteiger partial charge < -0.3 is 9.52 Å². The zero-order valence-electron chi connectivity index (χ0n) is 10.1. The number of carboxylic acids is 1. The molecular weight excluding hydrogens is 296 g/mol. The molecule has 0 radical (unpaired) electrons. The lowest BCUT2D eigenvalue weighted by Gasteiger charge is -2.08. The van der Waals surface area contributed by atoms with Crippen molar-refractivity contribution in [1.82, 2.24) is 10.2 Å². The third-order valence-electron chi connectivity index (χ3n) is 2.33. The highest BCUT2D eigenvalue weighted by Gasteiger charge is 2.34. The minimum Gasteiger partial charge on any atom is -0.478 e. The number of hydrogen-bond donors (Lipinski definition) is 1. The first-order chi connectivity index (χ1) is 9.77. The van der Waals surface area contributed by atoms with Crippen molar-refractivity contribution in [2.24, 2.45) is 0 Å². The fourth-order valence-corrected chi connectivity index (χ4v) is 1.44. The molecule has 1 heterocycles. The number of halogens is 4. The van der Waals surface area contributed by atoms with E-state index in [9.17, 15) is 22.4 Å². The lowest BCUT2D eigenvalue weighted by molar-refractivity contribution is -0.140. The molecule has 0 saturated heterocycles. The number of carbonyl (C=O) groups is 1. The molecule has 2 aromatic rings.